The van der Waals surface area contributed by atoms with Gasteiger partial charge in [0.05, 0.1) is 18.8 Å². The second kappa shape index (κ2) is 7.92. The highest BCUT2D eigenvalue weighted by Crippen LogP contribution is 2.26. The molecule has 1 saturated carbocycles. The van der Waals surface area contributed by atoms with Crippen molar-refractivity contribution in [2.75, 3.05) is 13.2 Å². The lowest BCUT2D eigenvalue weighted by Crippen LogP contribution is -2.39. The van der Waals surface area contributed by atoms with Crippen LogP contribution >= 0.6 is 11.3 Å². The van der Waals surface area contributed by atoms with E-state index in [1.165, 1.54) is 4.88 Å². The van der Waals surface area contributed by atoms with Gasteiger partial charge in [0.1, 0.15) is 6.61 Å². The van der Waals surface area contributed by atoms with Gasteiger partial charge in [-0.1, -0.05) is 13.0 Å². The summed E-state index contributed by atoms with van der Waals surface area (Å²) in [6.07, 6.45) is 2.02. The molecule has 1 N–H and O–H groups in total. The highest BCUT2D eigenvalue weighted by atomic mass is 32.1. The quantitative estimate of drug-likeness (QED) is 0.878. The van der Waals surface area contributed by atoms with Gasteiger partial charge in [0.2, 0.25) is 5.91 Å². The van der Waals surface area contributed by atoms with Crippen molar-refractivity contribution in [3.63, 3.8) is 0 Å². The summed E-state index contributed by atoms with van der Waals surface area (Å²) in [5.74, 6) is 0.554. The average molecular weight is 311 g/mol. The number of amides is 1. The van der Waals surface area contributed by atoms with E-state index in [1.807, 2.05) is 24.4 Å². The number of ether oxygens (including phenoxy) is 1. The summed E-state index contributed by atoms with van der Waals surface area (Å²) < 4.78 is 5.69. The van der Waals surface area contributed by atoms with E-state index in [-0.39, 0.29) is 18.6 Å². The first kappa shape index (κ1) is 16.5. The molecule has 1 aromatic heterocycles. The molecule has 1 heterocycles. The summed E-state index contributed by atoms with van der Waals surface area (Å²) in [4.78, 5) is 15.2. The molecule has 2 rings (SSSR count). The van der Waals surface area contributed by atoms with Crippen LogP contribution in [-0.4, -0.2) is 41.3 Å². The van der Waals surface area contributed by atoms with E-state index in [0.717, 1.165) is 19.3 Å². The smallest absolute Gasteiger partial charge is 0.248 e. The molecule has 0 bridgehead atoms. The van der Waals surface area contributed by atoms with E-state index in [0.29, 0.717) is 19.0 Å². The van der Waals surface area contributed by atoms with Gasteiger partial charge in [0.25, 0.3) is 0 Å². The van der Waals surface area contributed by atoms with Crippen LogP contribution in [0.4, 0.5) is 0 Å². The number of hydrogen-bond donors (Lipinski definition) is 1. The summed E-state index contributed by atoms with van der Waals surface area (Å²) in [6, 6.07) is 4.03. The fraction of sp³-hybridized carbons (Fsp3) is 0.688. The van der Waals surface area contributed by atoms with Gasteiger partial charge in [0, 0.05) is 11.4 Å². The van der Waals surface area contributed by atoms with Crippen molar-refractivity contribution in [3.05, 3.63) is 22.4 Å². The first-order valence-electron chi connectivity index (χ1n) is 7.70. The van der Waals surface area contributed by atoms with Crippen molar-refractivity contribution < 1.29 is 14.6 Å². The van der Waals surface area contributed by atoms with Gasteiger partial charge in [-0.3, -0.25) is 4.79 Å². The third kappa shape index (κ3) is 4.80. The average Bonchev–Trinajstić information content (AvgIpc) is 2.98. The van der Waals surface area contributed by atoms with Gasteiger partial charge < -0.3 is 14.7 Å². The Kier molecular flexibility index (Phi) is 6.21. The van der Waals surface area contributed by atoms with Crippen LogP contribution in [0.3, 0.4) is 0 Å². The number of carbonyl (C=O) groups excluding carboxylic acids is 1. The minimum absolute atomic E-state index is 0.00340. The van der Waals surface area contributed by atoms with Crippen molar-refractivity contribution in [1.29, 1.82) is 0 Å². The molecule has 1 aliphatic rings. The largest absolute Gasteiger partial charge is 0.390 e. The zero-order chi connectivity index (χ0) is 15.2. The zero-order valence-electron chi connectivity index (χ0n) is 12.8. The van der Waals surface area contributed by atoms with Crippen molar-refractivity contribution in [3.8, 4) is 0 Å². The van der Waals surface area contributed by atoms with Crippen LogP contribution in [0.15, 0.2) is 17.5 Å². The number of rotatable bonds is 6. The normalized spacial score (nSPS) is 25.8. The van der Waals surface area contributed by atoms with E-state index < -0.39 is 6.10 Å². The van der Waals surface area contributed by atoms with Crippen LogP contribution < -0.4 is 0 Å². The summed E-state index contributed by atoms with van der Waals surface area (Å²) in [6.45, 7) is 5.51. The number of aliphatic hydroxyl groups excluding tert-OH is 1. The highest BCUT2D eigenvalue weighted by molar-refractivity contribution is 7.09. The molecule has 1 aliphatic carbocycles. The van der Waals surface area contributed by atoms with Gasteiger partial charge in [-0.05, 0) is 43.6 Å². The van der Waals surface area contributed by atoms with E-state index in [2.05, 4.69) is 6.92 Å². The molecule has 118 valence electrons. The monoisotopic (exact) mass is 311 g/mol. The predicted octanol–water partition coefficient (Wildman–Crippen LogP) is 2.66. The van der Waals surface area contributed by atoms with Crippen molar-refractivity contribution >= 4 is 17.2 Å². The van der Waals surface area contributed by atoms with Gasteiger partial charge in [-0.15, -0.1) is 11.3 Å². The predicted molar refractivity (Wildman–Crippen MR) is 84.2 cm³/mol. The first-order chi connectivity index (χ1) is 10.1. The van der Waals surface area contributed by atoms with Crippen molar-refractivity contribution in [2.45, 2.75) is 51.9 Å². The lowest BCUT2D eigenvalue weighted by atomic mass is 9.86. The SMILES string of the molecule is CCN(Cc1cccs1)C(=O)COC1CC(C)CCC1O. The molecule has 3 unspecified atom stereocenters. The minimum Gasteiger partial charge on any atom is -0.390 e. The second-order valence-electron chi connectivity index (χ2n) is 5.82. The second-order valence-corrected chi connectivity index (χ2v) is 6.85. The molecule has 0 radical (unpaired) electrons. The lowest BCUT2D eigenvalue weighted by Gasteiger charge is -2.32. The summed E-state index contributed by atoms with van der Waals surface area (Å²) in [7, 11) is 0. The third-order valence-electron chi connectivity index (χ3n) is 4.10. The van der Waals surface area contributed by atoms with Gasteiger partial charge in [-0.2, -0.15) is 0 Å². The van der Waals surface area contributed by atoms with Gasteiger partial charge in [-0.25, -0.2) is 0 Å². The fourth-order valence-electron chi connectivity index (χ4n) is 2.73. The topological polar surface area (TPSA) is 49.8 Å². The summed E-state index contributed by atoms with van der Waals surface area (Å²) in [5, 5.41) is 12.0. The van der Waals surface area contributed by atoms with Crippen LogP contribution in [0, 0.1) is 5.92 Å². The molecule has 1 fully saturated rings. The van der Waals surface area contributed by atoms with Crippen LogP contribution in [0.25, 0.3) is 0 Å². The summed E-state index contributed by atoms with van der Waals surface area (Å²) in [5.41, 5.74) is 0. The van der Waals surface area contributed by atoms with E-state index >= 15 is 0 Å². The van der Waals surface area contributed by atoms with E-state index in [1.54, 1.807) is 16.2 Å². The number of hydrogen-bond acceptors (Lipinski definition) is 4. The third-order valence-corrected chi connectivity index (χ3v) is 4.96. The van der Waals surface area contributed by atoms with E-state index in [4.69, 9.17) is 4.74 Å². The Bertz CT molecular complexity index is 435. The highest BCUT2D eigenvalue weighted by Gasteiger charge is 2.28. The molecule has 21 heavy (non-hydrogen) atoms. The number of aliphatic hydroxyl groups is 1. The Labute approximate surface area is 130 Å². The van der Waals surface area contributed by atoms with Gasteiger partial charge in [0.15, 0.2) is 0 Å². The van der Waals surface area contributed by atoms with Gasteiger partial charge >= 0.3 is 0 Å². The number of likely N-dealkylation sites (N-methyl/N-ethyl adjacent to an activating group) is 1. The molecule has 1 amide bonds. The van der Waals surface area contributed by atoms with Crippen LogP contribution in [0.2, 0.25) is 0 Å². The molecule has 5 heteroatoms. The first-order valence-corrected chi connectivity index (χ1v) is 8.58. The lowest BCUT2D eigenvalue weighted by molar-refractivity contribution is -0.143. The Morgan fingerprint density at radius 2 is 2.33 bits per heavy atom. The van der Waals surface area contributed by atoms with Crippen LogP contribution in [0.5, 0.6) is 0 Å². The molecule has 3 atom stereocenters. The maximum absolute atomic E-state index is 12.3. The molecule has 1 aromatic rings. The Morgan fingerprint density at radius 1 is 1.52 bits per heavy atom. The molecule has 0 spiro atoms. The van der Waals surface area contributed by atoms with Crippen molar-refractivity contribution in [2.24, 2.45) is 5.92 Å². The maximum atomic E-state index is 12.3. The zero-order valence-corrected chi connectivity index (χ0v) is 13.6. The Morgan fingerprint density at radius 3 is 3.00 bits per heavy atom. The van der Waals surface area contributed by atoms with Crippen LogP contribution in [-0.2, 0) is 16.1 Å². The molecule has 0 saturated heterocycles. The molecule has 4 nitrogen and oxygen atoms in total. The fourth-order valence-corrected chi connectivity index (χ4v) is 3.45. The number of nitrogens with zero attached hydrogens (tertiary/aromatic N) is 1. The number of thiophene rings is 1. The standard InChI is InChI=1S/C16H25NO3S/c1-3-17(10-13-5-4-8-21-13)16(19)11-20-15-9-12(2)6-7-14(15)18/h4-5,8,12,14-15,18H,3,6-7,9-11H2,1-2H3. The van der Waals surface area contributed by atoms with Crippen LogP contribution in [0.1, 0.15) is 38.0 Å². The summed E-state index contributed by atoms with van der Waals surface area (Å²) >= 11 is 1.66. The Hall–Kier alpha value is -0.910. The molecular weight excluding hydrogens is 286 g/mol. The minimum atomic E-state index is -0.429. The molecule has 0 aromatic carbocycles. The molecular formula is C16H25NO3S. The molecule has 0 aliphatic heterocycles. The van der Waals surface area contributed by atoms with E-state index in [9.17, 15) is 9.90 Å². The Balaban J connectivity index is 1.81. The van der Waals surface area contributed by atoms with Crippen molar-refractivity contribution in [1.82, 2.24) is 4.90 Å². The number of carbonyl (C=O) groups is 1. The maximum Gasteiger partial charge on any atom is 0.248 e.